The highest BCUT2D eigenvalue weighted by Crippen LogP contribution is 2.18. The number of carboxylic acids is 1. The van der Waals surface area contributed by atoms with Gasteiger partial charge in [0, 0.05) is 4.47 Å². The molecule has 0 fully saturated rings. The van der Waals surface area contributed by atoms with Crippen molar-refractivity contribution in [1.82, 2.24) is 10.2 Å². The van der Waals surface area contributed by atoms with Crippen LogP contribution in [0.15, 0.2) is 33.2 Å². The molecule has 0 spiro atoms. The Hall–Kier alpha value is -1.89. The number of halogens is 1. The lowest BCUT2D eigenvalue weighted by Crippen LogP contribution is -1.96. The van der Waals surface area contributed by atoms with E-state index in [4.69, 9.17) is 14.3 Å². The van der Waals surface area contributed by atoms with E-state index < -0.39 is 11.9 Å². The van der Waals surface area contributed by atoms with E-state index in [2.05, 4.69) is 26.1 Å². The highest BCUT2D eigenvalue weighted by Gasteiger charge is 2.12. The van der Waals surface area contributed by atoms with Gasteiger partial charge >= 0.3 is 11.9 Å². The molecule has 0 radical (unpaired) electrons. The lowest BCUT2D eigenvalue weighted by atomic mass is 10.3. The number of ether oxygens (including phenoxy) is 1. The number of aromatic nitrogens is 2. The molecule has 0 atom stereocenters. The van der Waals surface area contributed by atoms with Crippen molar-refractivity contribution < 1.29 is 19.1 Å². The number of nitrogens with zero attached hydrogens (tertiary/aromatic N) is 2. The molecule has 0 aliphatic carbocycles. The van der Waals surface area contributed by atoms with E-state index in [0.717, 1.165) is 4.47 Å². The molecular weight excluding hydrogens is 292 g/mol. The first kappa shape index (κ1) is 11.6. The van der Waals surface area contributed by atoms with E-state index in [9.17, 15) is 4.79 Å². The van der Waals surface area contributed by atoms with Crippen LogP contribution in [-0.4, -0.2) is 21.3 Å². The Morgan fingerprint density at radius 3 is 2.94 bits per heavy atom. The van der Waals surface area contributed by atoms with E-state index in [1.165, 1.54) is 0 Å². The van der Waals surface area contributed by atoms with Crippen LogP contribution in [0.5, 0.6) is 5.75 Å². The molecule has 2 aromatic rings. The highest BCUT2D eigenvalue weighted by molar-refractivity contribution is 9.10. The molecule has 2 rings (SSSR count). The quantitative estimate of drug-likeness (QED) is 0.930. The van der Waals surface area contributed by atoms with E-state index in [-0.39, 0.29) is 12.5 Å². The number of benzene rings is 1. The first-order valence-electron chi connectivity index (χ1n) is 4.59. The maximum atomic E-state index is 10.5. The number of rotatable bonds is 4. The fraction of sp³-hybridized carbons (Fsp3) is 0.100. The number of aromatic carboxylic acids is 1. The van der Waals surface area contributed by atoms with Gasteiger partial charge in [-0.25, -0.2) is 4.79 Å². The van der Waals surface area contributed by atoms with Gasteiger partial charge in [-0.15, -0.1) is 10.2 Å². The van der Waals surface area contributed by atoms with Crippen LogP contribution in [0.25, 0.3) is 0 Å². The van der Waals surface area contributed by atoms with Crippen LogP contribution < -0.4 is 4.74 Å². The average molecular weight is 299 g/mol. The summed E-state index contributed by atoms with van der Waals surface area (Å²) in [4.78, 5) is 10.5. The Morgan fingerprint density at radius 2 is 2.29 bits per heavy atom. The molecule has 0 amide bonds. The molecule has 1 heterocycles. The summed E-state index contributed by atoms with van der Waals surface area (Å²) in [5.74, 6) is -0.971. The van der Waals surface area contributed by atoms with Crippen LogP contribution >= 0.6 is 15.9 Å². The van der Waals surface area contributed by atoms with Crippen molar-refractivity contribution in [2.24, 2.45) is 0 Å². The molecule has 17 heavy (non-hydrogen) atoms. The topological polar surface area (TPSA) is 85.5 Å². The first-order chi connectivity index (χ1) is 8.15. The van der Waals surface area contributed by atoms with Crippen LogP contribution in [0.2, 0.25) is 0 Å². The van der Waals surface area contributed by atoms with E-state index in [1.54, 1.807) is 12.1 Å². The summed E-state index contributed by atoms with van der Waals surface area (Å²) in [6, 6.07) is 7.21. The average Bonchev–Trinajstić information content (AvgIpc) is 2.75. The minimum atomic E-state index is -1.26. The summed E-state index contributed by atoms with van der Waals surface area (Å²) >= 11 is 3.30. The van der Waals surface area contributed by atoms with Gasteiger partial charge in [-0.2, -0.15) is 0 Å². The molecule has 6 nitrogen and oxygen atoms in total. The van der Waals surface area contributed by atoms with Crippen LogP contribution in [0.4, 0.5) is 0 Å². The van der Waals surface area contributed by atoms with Crippen molar-refractivity contribution >= 4 is 21.9 Å². The van der Waals surface area contributed by atoms with Gasteiger partial charge in [0.25, 0.3) is 5.89 Å². The lowest BCUT2D eigenvalue weighted by Gasteiger charge is -2.02. The second-order valence-corrected chi connectivity index (χ2v) is 3.97. The van der Waals surface area contributed by atoms with Gasteiger partial charge in [-0.3, -0.25) is 0 Å². The van der Waals surface area contributed by atoms with Crippen LogP contribution in [0, 0.1) is 0 Å². The number of hydrogen-bond donors (Lipinski definition) is 1. The molecule has 0 bridgehead atoms. The molecule has 0 unspecified atom stereocenters. The molecule has 1 aromatic carbocycles. The summed E-state index contributed by atoms with van der Waals surface area (Å²) in [7, 11) is 0. The maximum Gasteiger partial charge on any atom is 0.393 e. The number of hydrogen-bond acceptors (Lipinski definition) is 5. The van der Waals surface area contributed by atoms with Gasteiger partial charge in [0.1, 0.15) is 5.75 Å². The zero-order chi connectivity index (χ0) is 12.3. The van der Waals surface area contributed by atoms with Crippen molar-refractivity contribution in [2.45, 2.75) is 6.61 Å². The molecule has 0 saturated heterocycles. The van der Waals surface area contributed by atoms with Crippen LogP contribution in [0.1, 0.15) is 16.6 Å². The van der Waals surface area contributed by atoms with Gasteiger partial charge in [0.2, 0.25) is 0 Å². The first-order valence-corrected chi connectivity index (χ1v) is 5.38. The van der Waals surface area contributed by atoms with Gasteiger partial charge in [0.05, 0.1) is 0 Å². The van der Waals surface area contributed by atoms with Crippen molar-refractivity contribution in [2.75, 3.05) is 0 Å². The lowest BCUT2D eigenvalue weighted by molar-refractivity contribution is 0.0649. The molecule has 0 saturated carbocycles. The molecular formula is C10H7BrN2O4. The van der Waals surface area contributed by atoms with E-state index >= 15 is 0 Å². The molecule has 1 aromatic heterocycles. The Morgan fingerprint density at radius 1 is 1.47 bits per heavy atom. The third kappa shape index (κ3) is 3.04. The van der Waals surface area contributed by atoms with E-state index in [0.29, 0.717) is 5.75 Å². The predicted molar refractivity (Wildman–Crippen MR) is 59.7 cm³/mol. The Kier molecular flexibility index (Phi) is 3.38. The fourth-order valence-corrected chi connectivity index (χ4v) is 1.48. The third-order valence-electron chi connectivity index (χ3n) is 1.81. The molecule has 0 aliphatic heterocycles. The normalized spacial score (nSPS) is 10.2. The van der Waals surface area contributed by atoms with Crippen molar-refractivity contribution in [3.8, 4) is 5.75 Å². The Balaban J connectivity index is 2.00. The van der Waals surface area contributed by atoms with Gasteiger partial charge in [0.15, 0.2) is 6.61 Å². The number of carbonyl (C=O) groups is 1. The summed E-state index contributed by atoms with van der Waals surface area (Å²) in [6.45, 7) is 0.0245. The molecule has 88 valence electrons. The maximum absolute atomic E-state index is 10.5. The van der Waals surface area contributed by atoms with Crippen LogP contribution in [0.3, 0.4) is 0 Å². The largest absolute Gasteiger partial charge is 0.484 e. The SMILES string of the molecule is O=C(O)c1nnc(COc2cccc(Br)c2)o1. The van der Waals surface area contributed by atoms with Crippen molar-refractivity contribution in [3.05, 3.63) is 40.5 Å². The summed E-state index contributed by atoms with van der Waals surface area (Å²) in [6.07, 6.45) is 0. The van der Waals surface area contributed by atoms with Crippen molar-refractivity contribution in [3.63, 3.8) is 0 Å². The van der Waals surface area contributed by atoms with Gasteiger partial charge in [-0.1, -0.05) is 22.0 Å². The minimum Gasteiger partial charge on any atom is -0.484 e. The molecule has 0 aliphatic rings. The summed E-state index contributed by atoms with van der Waals surface area (Å²) in [5, 5.41) is 15.5. The van der Waals surface area contributed by atoms with E-state index in [1.807, 2.05) is 12.1 Å². The van der Waals surface area contributed by atoms with Gasteiger partial charge in [-0.05, 0) is 18.2 Å². The predicted octanol–water partition coefficient (Wildman–Crippen LogP) is 2.11. The van der Waals surface area contributed by atoms with Crippen LogP contribution in [-0.2, 0) is 6.61 Å². The molecule has 1 N–H and O–H groups in total. The van der Waals surface area contributed by atoms with Crippen molar-refractivity contribution in [1.29, 1.82) is 0 Å². The molecule has 7 heteroatoms. The van der Waals surface area contributed by atoms with Gasteiger partial charge < -0.3 is 14.3 Å². The fourth-order valence-electron chi connectivity index (χ4n) is 1.10. The zero-order valence-electron chi connectivity index (χ0n) is 8.46. The highest BCUT2D eigenvalue weighted by atomic mass is 79.9. The second-order valence-electron chi connectivity index (χ2n) is 3.05. The Labute approximate surface area is 104 Å². The Bertz CT molecular complexity index is 541. The summed E-state index contributed by atoms with van der Waals surface area (Å²) < 4.78 is 11.1. The second kappa shape index (κ2) is 4.96. The standard InChI is InChI=1S/C10H7BrN2O4/c11-6-2-1-3-7(4-6)16-5-8-12-13-9(17-8)10(14)15/h1-4H,5H2,(H,14,15). The monoisotopic (exact) mass is 298 g/mol. The minimum absolute atomic E-state index is 0.0245. The number of carboxylic acid groups (broad SMARTS) is 1. The third-order valence-corrected chi connectivity index (χ3v) is 2.30. The zero-order valence-corrected chi connectivity index (χ0v) is 10.0. The smallest absolute Gasteiger partial charge is 0.393 e. The summed E-state index contributed by atoms with van der Waals surface area (Å²) in [5.41, 5.74) is 0.